The van der Waals surface area contributed by atoms with E-state index in [1.165, 1.54) is 0 Å². The van der Waals surface area contributed by atoms with Crippen LogP contribution in [0.5, 0.6) is 0 Å². The molecule has 1 radical (unpaired) electrons. The van der Waals surface area contributed by atoms with Crippen LogP contribution in [0.25, 0.3) is 0 Å². The number of halogens is 10. The van der Waals surface area contributed by atoms with E-state index in [1.807, 2.05) is 0 Å². The molecule has 0 bridgehead atoms. The summed E-state index contributed by atoms with van der Waals surface area (Å²) in [7, 11) is 0. The number of hydrogen-bond donors (Lipinski definition) is 0. The number of alkyl halides is 10. The van der Waals surface area contributed by atoms with E-state index in [1.54, 1.807) is 0 Å². The maximum absolute atomic E-state index is 12.5. The highest BCUT2D eigenvalue weighted by molar-refractivity contribution is 5.00. The summed E-state index contributed by atoms with van der Waals surface area (Å²) < 4.78 is 121. The van der Waals surface area contributed by atoms with E-state index in [4.69, 9.17) is 0 Å². The average Bonchev–Trinajstić information content (AvgIpc) is 2.14. The standard InChI is InChI=1S/C7H5F10/c1-2-4(9,10)5(11,12)3(8)6(13,14)7(15,16)17/h3H,1-2H2/t3-/m0/s1. The zero-order valence-electron chi connectivity index (χ0n) is 7.77. The molecule has 0 fully saturated rings. The third kappa shape index (κ3) is 2.59. The quantitative estimate of drug-likeness (QED) is 0.682. The fraction of sp³-hybridized carbons (Fsp3) is 0.857. The molecule has 0 saturated carbocycles. The SMILES string of the molecule is [CH2]CC(F)(F)C(F)(F)[C@H](F)C(F)(F)C(F)(F)F. The summed E-state index contributed by atoms with van der Waals surface area (Å²) in [5.41, 5.74) is 0. The third-order valence-electron chi connectivity index (χ3n) is 1.82. The Hall–Kier alpha value is -0.700. The fourth-order valence-electron chi connectivity index (χ4n) is 0.723. The summed E-state index contributed by atoms with van der Waals surface area (Å²) in [6, 6.07) is 0. The average molecular weight is 279 g/mol. The minimum Gasteiger partial charge on any atom is -0.233 e. The normalized spacial score (nSPS) is 17.1. The molecule has 0 aromatic carbocycles. The number of rotatable bonds is 4. The maximum atomic E-state index is 12.5. The molecule has 0 unspecified atom stereocenters. The summed E-state index contributed by atoms with van der Waals surface area (Å²) in [5, 5.41) is 0. The van der Waals surface area contributed by atoms with Crippen molar-refractivity contribution in [3.8, 4) is 0 Å². The lowest BCUT2D eigenvalue weighted by Crippen LogP contribution is -2.59. The van der Waals surface area contributed by atoms with Crippen molar-refractivity contribution in [3.63, 3.8) is 0 Å². The molecule has 1 atom stereocenters. The van der Waals surface area contributed by atoms with Gasteiger partial charge in [-0.15, -0.1) is 0 Å². The molecule has 0 amide bonds. The Balaban J connectivity index is 5.38. The maximum Gasteiger partial charge on any atom is 0.456 e. The molecule has 0 aliphatic heterocycles. The van der Waals surface area contributed by atoms with Crippen molar-refractivity contribution in [2.75, 3.05) is 0 Å². The highest BCUT2D eigenvalue weighted by atomic mass is 19.4. The second-order valence-corrected chi connectivity index (χ2v) is 3.06. The molecular weight excluding hydrogens is 274 g/mol. The Morgan fingerprint density at radius 3 is 1.35 bits per heavy atom. The lowest BCUT2D eigenvalue weighted by atomic mass is 9.99. The lowest BCUT2D eigenvalue weighted by Gasteiger charge is -2.32. The smallest absolute Gasteiger partial charge is 0.233 e. The van der Waals surface area contributed by atoms with Gasteiger partial charge in [-0.2, -0.15) is 39.5 Å². The molecule has 17 heavy (non-hydrogen) atoms. The molecule has 103 valence electrons. The van der Waals surface area contributed by atoms with E-state index in [0.717, 1.165) is 0 Å². The third-order valence-corrected chi connectivity index (χ3v) is 1.82. The minimum atomic E-state index is -6.70. The van der Waals surface area contributed by atoms with E-state index in [2.05, 4.69) is 6.92 Å². The van der Waals surface area contributed by atoms with Gasteiger partial charge in [-0.05, 0) is 6.92 Å². The van der Waals surface area contributed by atoms with Crippen LogP contribution in [-0.2, 0) is 0 Å². The summed E-state index contributed by atoms with van der Waals surface area (Å²) in [6.45, 7) is 2.23. The van der Waals surface area contributed by atoms with Gasteiger partial charge in [0.15, 0.2) is 0 Å². The molecular formula is C7H5F10. The Morgan fingerprint density at radius 2 is 1.12 bits per heavy atom. The van der Waals surface area contributed by atoms with Crippen LogP contribution < -0.4 is 0 Å². The van der Waals surface area contributed by atoms with Gasteiger partial charge in [0.2, 0.25) is 6.17 Å². The molecule has 10 heteroatoms. The van der Waals surface area contributed by atoms with Crippen LogP contribution in [0.3, 0.4) is 0 Å². The molecule has 0 heterocycles. The van der Waals surface area contributed by atoms with Gasteiger partial charge in [-0.25, -0.2) is 4.39 Å². The fourth-order valence-corrected chi connectivity index (χ4v) is 0.723. The van der Waals surface area contributed by atoms with Crippen LogP contribution in [0.4, 0.5) is 43.9 Å². The van der Waals surface area contributed by atoms with Gasteiger partial charge in [-0.1, -0.05) is 0 Å². The van der Waals surface area contributed by atoms with Crippen LogP contribution in [-0.4, -0.2) is 30.1 Å². The van der Waals surface area contributed by atoms with Crippen LogP contribution in [0.1, 0.15) is 6.42 Å². The Labute approximate surface area is 88.6 Å². The lowest BCUT2D eigenvalue weighted by molar-refractivity contribution is -0.350. The van der Waals surface area contributed by atoms with E-state index in [-0.39, 0.29) is 0 Å². The minimum absolute atomic E-state index is 2.03. The first-order chi connectivity index (χ1) is 7.22. The van der Waals surface area contributed by atoms with Crippen LogP contribution >= 0.6 is 0 Å². The zero-order valence-corrected chi connectivity index (χ0v) is 7.77. The molecule has 0 saturated heterocycles. The molecule has 0 aromatic heterocycles. The van der Waals surface area contributed by atoms with Crippen molar-refractivity contribution in [1.29, 1.82) is 0 Å². The van der Waals surface area contributed by atoms with Gasteiger partial charge in [0.25, 0.3) is 0 Å². The highest BCUT2D eigenvalue weighted by Crippen LogP contribution is 2.50. The molecule has 0 aliphatic rings. The predicted molar refractivity (Wildman–Crippen MR) is 35.8 cm³/mol. The summed E-state index contributed by atoms with van der Waals surface area (Å²) >= 11 is 0. The van der Waals surface area contributed by atoms with Crippen LogP contribution in [0, 0.1) is 6.92 Å². The molecule has 0 spiro atoms. The van der Waals surface area contributed by atoms with Gasteiger partial charge in [0, 0.05) is 6.42 Å². The molecule has 0 nitrogen and oxygen atoms in total. The van der Waals surface area contributed by atoms with Crippen LogP contribution in [0.15, 0.2) is 0 Å². The first-order valence-electron chi connectivity index (χ1n) is 3.85. The van der Waals surface area contributed by atoms with Gasteiger partial charge in [0.05, 0.1) is 0 Å². The van der Waals surface area contributed by atoms with Gasteiger partial charge in [0.1, 0.15) is 0 Å². The van der Waals surface area contributed by atoms with Gasteiger partial charge >= 0.3 is 23.9 Å². The van der Waals surface area contributed by atoms with Gasteiger partial charge < -0.3 is 0 Å². The largest absolute Gasteiger partial charge is 0.456 e. The summed E-state index contributed by atoms with van der Waals surface area (Å²) in [6.07, 6.45) is -14.1. The summed E-state index contributed by atoms with van der Waals surface area (Å²) in [5.74, 6) is -18.2. The van der Waals surface area contributed by atoms with Gasteiger partial charge in [-0.3, -0.25) is 0 Å². The first-order valence-corrected chi connectivity index (χ1v) is 3.85. The predicted octanol–water partition coefficient (Wildman–Crippen LogP) is 4.02. The van der Waals surface area contributed by atoms with Crippen molar-refractivity contribution >= 4 is 0 Å². The molecule has 0 N–H and O–H groups in total. The second kappa shape index (κ2) is 4.20. The Morgan fingerprint density at radius 1 is 0.765 bits per heavy atom. The van der Waals surface area contributed by atoms with Crippen molar-refractivity contribution in [2.24, 2.45) is 0 Å². The molecule has 0 rings (SSSR count). The zero-order chi connectivity index (χ0) is 14.3. The van der Waals surface area contributed by atoms with E-state index >= 15 is 0 Å². The highest BCUT2D eigenvalue weighted by Gasteiger charge is 2.75. The van der Waals surface area contributed by atoms with Crippen molar-refractivity contribution in [1.82, 2.24) is 0 Å². The summed E-state index contributed by atoms with van der Waals surface area (Å²) in [4.78, 5) is 0. The van der Waals surface area contributed by atoms with E-state index in [0.29, 0.717) is 0 Å². The van der Waals surface area contributed by atoms with Crippen molar-refractivity contribution in [3.05, 3.63) is 6.92 Å². The first kappa shape index (κ1) is 16.3. The second-order valence-electron chi connectivity index (χ2n) is 3.06. The van der Waals surface area contributed by atoms with E-state index in [9.17, 15) is 43.9 Å². The van der Waals surface area contributed by atoms with E-state index < -0.39 is 36.5 Å². The van der Waals surface area contributed by atoms with Crippen molar-refractivity contribution in [2.45, 2.75) is 36.5 Å². The van der Waals surface area contributed by atoms with Crippen LogP contribution in [0.2, 0.25) is 0 Å². The van der Waals surface area contributed by atoms with Crippen molar-refractivity contribution < 1.29 is 43.9 Å². The Bertz CT molecular complexity index is 264. The Kier molecular flexibility index (Phi) is 4.03. The molecule has 0 aromatic rings. The number of hydrogen-bond acceptors (Lipinski definition) is 0. The topological polar surface area (TPSA) is 0 Å². The molecule has 0 aliphatic carbocycles. The monoisotopic (exact) mass is 279 g/mol.